The first kappa shape index (κ1) is 33.2. The Morgan fingerprint density at radius 2 is 1.64 bits per heavy atom. The summed E-state index contributed by atoms with van der Waals surface area (Å²) in [6.45, 7) is 9.39. The summed E-state index contributed by atoms with van der Waals surface area (Å²) in [6, 6.07) is 16.4. The largest absolute Gasteiger partial charge is 0.573 e. The zero-order valence-electron chi connectivity index (χ0n) is 25.3. The van der Waals surface area contributed by atoms with Crippen molar-refractivity contribution in [1.82, 2.24) is 20.1 Å². The minimum absolute atomic E-state index is 0.0000921. The number of ether oxygens (including phenoxy) is 2. The molecule has 1 heterocycles. The van der Waals surface area contributed by atoms with Crippen molar-refractivity contribution < 1.29 is 32.2 Å². The topological polar surface area (TPSA) is 108 Å². The van der Waals surface area contributed by atoms with Crippen LogP contribution < -0.4 is 10.1 Å². The monoisotopic (exact) mass is 639 g/mol. The Hall–Kier alpha value is -4.65. The van der Waals surface area contributed by atoms with Crippen LogP contribution in [0.3, 0.4) is 0 Å². The highest BCUT2D eigenvalue weighted by atomic mass is 32.2. The fourth-order valence-corrected chi connectivity index (χ4v) is 4.93. The second-order valence-corrected chi connectivity index (χ2v) is 11.4. The van der Waals surface area contributed by atoms with Gasteiger partial charge in [-0.1, -0.05) is 55.8 Å². The summed E-state index contributed by atoms with van der Waals surface area (Å²) in [7, 11) is 0. The Balaban J connectivity index is 1.43. The SMILES string of the molecule is Cc1cc(C)c(N=C(NC(=O)Cc2ccc(-c3ncn(-c4ccc(OC(F)(F)F)cc4)n3)cc2)SCOC(=O)C(C)C)c(C)c1. The van der Waals surface area contributed by atoms with E-state index in [2.05, 4.69) is 20.1 Å². The van der Waals surface area contributed by atoms with Gasteiger partial charge < -0.3 is 14.8 Å². The van der Waals surface area contributed by atoms with Crippen LogP contribution in [-0.4, -0.2) is 44.1 Å². The number of rotatable bonds is 9. The van der Waals surface area contributed by atoms with E-state index < -0.39 is 6.36 Å². The fraction of sp³-hybridized carbons (Fsp3) is 0.281. The summed E-state index contributed by atoms with van der Waals surface area (Å²) in [5.74, 6) is -0.858. The van der Waals surface area contributed by atoms with Crippen LogP contribution in [0.4, 0.5) is 18.9 Å². The molecule has 0 bridgehead atoms. The van der Waals surface area contributed by atoms with Gasteiger partial charge in [-0.25, -0.2) is 14.7 Å². The van der Waals surface area contributed by atoms with Gasteiger partial charge in [-0.15, -0.1) is 18.3 Å². The fourth-order valence-electron chi connectivity index (χ4n) is 4.30. The van der Waals surface area contributed by atoms with Gasteiger partial charge in [0, 0.05) is 5.56 Å². The predicted molar refractivity (Wildman–Crippen MR) is 166 cm³/mol. The van der Waals surface area contributed by atoms with Crippen LogP contribution in [0.2, 0.25) is 0 Å². The first-order valence-electron chi connectivity index (χ1n) is 13.9. The number of amidine groups is 1. The molecule has 0 unspecified atom stereocenters. The van der Waals surface area contributed by atoms with E-state index in [0.29, 0.717) is 22.2 Å². The third-order valence-electron chi connectivity index (χ3n) is 6.37. The molecule has 9 nitrogen and oxygen atoms in total. The van der Waals surface area contributed by atoms with Gasteiger partial charge in [-0.3, -0.25) is 9.59 Å². The molecule has 0 aliphatic heterocycles. The highest BCUT2D eigenvalue weighted by molar-refractivity contribution is 8.13. The first-order valence-corrected chi connectivity index (χ1v) is 14.9. The number of hydrogen-bond acceptors (Lipinski definition) is 8. The van der Waals surface area contributed by atoms with Crippen LogP contribution in [0.15, 0.2) is 72.0 Å². The number of amides is 1. The van der Waals surface area contributed by atoms with E-state index in [0.717, 1.165) is 39.7 Å². The second kappa shape index (κ2) is 14.4. The van der Waals surface area contributed by atoms with Crippen molar-refractivity contribution in [3.8, 4) is 22.8 Å². The molecule has 0 aliphatic rings. The second-order valence-electron chi connectivity index (χ2n) is 10.5. The van der Waals surface area contributed by atoms with Crippen LogP contribution in [0.25, 0.3) is 17.1 Å². The van der Waals surface area contributed by atoms with E-state index in [-0.39, 0.29) is 35.9 Å². The number of nitrogens with zero attached hydrogens (tertiary/aromatic N) is 4. The standard InChI is InChI=1S/C32H32F3N5O4S/c1-19(2)30(42)43-18-45-31(38-28-21(4)14-20(3)15-22(28)5)37-27(41)16-23-6-8-24(9-7-23)29-36-17-40(39-29)25-10-12-26(13-11-25)44-32(33,34)35/h6-15,17,19H,16,18H2,1-5H3,(H,37,38,41). The minimum Gasteiger partial charge on any atom is -0.454 e. The average Bonchev–Trinajstić information content (AvgIpc) is 3.45. The van der Waals surface area contributed by atoms with Gasteiger partial charge >= 0.3 is 12.3 Å². The van der Waals surface area contributed by atoms with Crippen LogP contribution >= 0.6 is 11.8 Å². The summed E-state index contributed by atoms with van der Waals surface area (Å²) in [5, 5.41) is 7.57. The van der Waals surface area contributed by atoms with Crippen molar-refractivity contribution in [2.45, 2.75) is 47.4 Å². The molecule has 1 N–H and O–H groups in total. The Morgan fingerprint density at radius 3 is 2.24 bits per heavy atom. The van der Waals surface area contributed by atoms with E-state index in [4.69, 9.17) is 9.73 Å². The molecule has 1 aromatic heterocycles. The van der Waals surface area contributed by atoms with Gasteiger partial charge in [0.1, 0.15) is 18.0 Å². The number of nitrogens with one attached hydrogen (secondary N) is 1. The lowest BCUT2D eigenvalue weighted by Crippen LogP contribution is -2.30. The minimum atomic E-state index is -4.77. The number of aryl methyl sites for hydroxylation is 3. The molecule has 0 aliphatic carbocycles. The number of benzene rings is 3. The Labute approximate surface area is 262 Å². The molecule has 0 radical (unpaired) electrons. The van der Waals surface area contributed by atoms with E-state index in [1.807, 2.05) is 32.9 Å². The third kappa shape index (κ3) is 9.67. The van der Waals surface area contributed by atoms with Crippen molar-refractivity contribution in [3.63, 3.8) is 0 Å². The average molecular weight is 640 g/mol. The molecule has 0 fully saturated rings. The summed E-state index contributed by atoms with van der Waals surface area (Å²) >= 11 is 1.13. The number of halogens is 3. The molecule has 45 heavy (non-hydrogen) atoms. The van der Waals surface area contributed by atoms with Crippen LogP contribution in [0.5, 0.6) is 5.75 Å². The lowest BCUT2D eigenvalue weighted by atomic mass is 10.1. The summed E-state index contributed by atoms with van der Waals surface area (Å²) in [4.78, 5) is 34.0. The number of carbonyl (C=O) groups excluding carboxylic acids is 2. The summed E-state index contributed by atoms with van der Waals surface area (Å²) < 4.78 is 47.9. The van der Waals surface area contributed by atoms with Crippen molar-refractivity contribution in [2.24, 2.45) is 10.9 Å². The van der Waals surface area contributed by atoms with Crippen LogP contribution in [-0.2, 0) is 20.7 Å². The molecule has 236 valence electrons. The summed E-state index contributed by atoms with van der Waals surface area (Å²) in [5.41, 5.74) is 5.67. The first-order chi connectivity index (χ1) is 21.3. The molecule has 0 saturated carbocycles. The molecular weight excluding hydrogens is 607 g/mol. The van der Waals surface area contributed by atoms with Crippen LogP contribution in [0.1, 0.15) is 36.1 Å². The zero-order chi connectivity index (χ0) is 32.7. The van der Waals surface area contributed by atoms with Gasteiger partial charge in [0.05, 0.1) is 23.7 Å². The highest BCUT2D eigenvalue weighted by Crippen LogP contribution is 2.27. The maximum absolute atomic E-state index is 13.0. The lowest BCUT2D eigenvalue weighted by Gasteiger charge is -2.13. The molecule has 1 amide bonds. The van der Waals surface area contributed by atoms with Gasteiger partial charge in [-0.2, -0.15) is 0 Å². The molecule has 4 rings (SSSR count). The number of aromatic nitrogens is 3. The van der Waals surface area contributed by atoms with Crippen molar-refractivity contribution in [2.75, 3.05) is 5.94 Å². The Morgan fingerprint density at radius 1 is 1.00 bits per heavy atom. The predicted octanol–water partition coefficient (Wildman–Crippen LogP) is 6.99. The van der Waals surface area contributed by atoms with E-state index in [1.165, 1.54) is 35.3 Å². The third-order valence-corrected chi connectivity index (χ3v) is 7.07. The van der Waals surface area contributed by atoms with Gasteiger partial charge in [-0.05, 0) is 73.5 Å². The number of carbonyl (C=O) groups is 2. The molecular formula is C32H32F3N5O4S. The van der Waals surface area contributed by atoms with Crippen LogP contribution in [0, 0.1) is 26.7 Å². The van der Waals surface area contributed by atoms with Gasteiger partial charge in [0.15, 0.2) is 11.0 Å². The maximum Gasteiger partial charge on any atom is 0.573 e. The molecule has 0 atom stereocenters. The summed E-state index contributed by atoms with van der Waals surface area (Å²) in [6.07, 6.45) is -3.26. The Bertz CT molecular complexity index is 1660. The van der Waals surface area contributed by atoms with Gasteiger partial charge in [0.2, 0.25) is 5.91 Å². The number of hydrogen-bond donors (Lipinski definition) is 1. The van der Waals surface area contributed by atoms with E-state index in [1.54, 1.807) is 38.1 Å². The normalized spacial score (nSPS) is 11.9. The van der Waals surface area contributed by atoms with Crippen molar-refractivity contribution in [1.29, 1.82) is 0 Å². The smallest absolute Gasteiger partial charge is 0.454 e. The van der Waals surface area contributed by atoms with E-state index >= 15 is 0 Å². The number of aliphatic imine (C=N–C) groups is 1. The van der Waals surface area contributed by atoms with Gasteiger partial charge in [0.25, 0.3) is 0 Å². The maximum atomic E-state index is 13.0. The number of thioether (sulfide) groups is 1. The molecule has 0 spiro atoms. The highest BCUT2D eigenvalue weighted by Gasteiger charge is 2.31. The van der Waals surface area contributed by atoms with Crippen molar-refractivity contribution in [3.05, 3.63) is 89.2 Å². The lowest BCUT2D eigenvalue weighted by molar-refractivity contribution is -0.274. The molecule has 13 heteroatoms. The Kier molecular flexibility index (Phi) is 10.7. The van der Waals surface area contributed by atoms with E-state index in [9.17, 15) is 22.8 Å². The molecule has 4 aromatic rings. The molecule has 0 saturated heterocycles. The number of alkyl halides is 3. The number of esters is 1. The van der Waals surface area contributed by atoms with Crippen molar-refractivity contribution >= 4 is 34.5 Å². The zero-order valence-corrected chi connectivity index (χ0v) is 26.1. The quantitative estimate of drug-likeness (QED) is 0.0910. The molecule has 3 aromatic carbocycles.